The molecule has 0 N–H and O–H groups in total. The van der Waals surface area contributed by atoms with E-state index in [0.717, 1.165) is 5.57 Å². The van der Waals surface area contributed by atoms with Crippen LogP contribution in [0.3, 0.4) is 0 Å². The maximum atomic E-state index is 11.4. The molecule has 1 atom stereocenters. The molecule has 0 aliphatic heterocycles. The highest BCUT2D eigenvalue weighted by Crippen LogP contribution is 2.40. The molecule has 23 heavy (non-hydrogen) atoms. The first-order chi connectivity index (χ1) is 10.8. The van der Waals surface area contributed by atoms with E-state index in [1.54, 1.807) is 6.08 Å². The monoisotopic (exact) mass is 330 g/mol. The first-order valence-corrected chi connectivity index (χ1v) is 9.89. The van der Waals surface area contributed by atoms with Gasteiger partial charge in [-0.25, -0.2) is 0 Å². The SMILES string of the molecule is CPC(=O)/C=C(C)/C=C/C=C(C)/C=C/C1=C(C)CCCC1(C)C. The van der Waals surface area contributed by atoms with Gasteiger partial charge in [-0.05, 0) is 77.9 Å². The van der Waals surface area contributed by atoms with Crippen LogP contribution < -0.4 is 0 Å². The fourth-order valence-electron chi connectivity index (χ4n) is 2.96. The van der Waals surface area contributed by atoms with Gasteiger partial charge in [0.2, 0.25) is 0 Å². The zero-order valence-electron chi connectivity index (χ0n) is 15.5. The predicted molar refractivity (Wildman–Crippen MR) is 105 cm³/mol. The first kappa shape index (κ1) is 19.8. The van der Waals surface area contributed by atoms with E-state index in [4.69, 9.17) is 0 Å². The van der Waals surface area contributed by atoms with Crippen LogP contribution in [0.2, 0.25) is 0 Å². The summed E-state index contributed by atoms with van der Waals surface area (Å²) in [6, 6.07) is 0. The van der Waals surface area contributed by atoms with E-state index >= 15 is 0 Å². The highest BCUT2D eigenvalue weighted by Gasteiger charge is 2.26. The van der Waals surface area contributed by atoms with Gasteiger partial charge < -0.3 is 0 Å². The molecule has 0 bridgehead atoms. The minimum atomic E-state index is 0.203. The van der Waals surface area contributed by atoms with Crippen molar-refractivity contribution < 1.29 is 4.79 Å². The van der Waals surface area contributed by atoms with Crippen molar-refractivity contribution in [3.8, 4) is 0 Å². The van der Waals surface area contributed by atoms with E-state index in [0.29, 0.717) is 8.58 Å². The van der Waals surface area contributed by atoms with Crippen LogP contribution in [0.4, 0.5) is 0 Å². The van der Waals surface area contributed by atoms with E-state index in [-0.39, 0.29) is 10.9 Å². The van der Waals surface area contributed by atoms with Crippen molar-refractivity contribution in [1.82, 2.24) is 0 Å². The maximum absolute atomic E-state index is 11.4. The summed E-state index contributed by atoms with van der Waals surface area (Å²) in [7, 11) is 0.338. The van der Waals surface area contributed by atoms with Crippen LogP contribution in [0.1, 0.15) is 53.9 Å². The molecular weight excluding hydrogens is 299 g/mol. The van der Waals surface area contributed by atoms with Crippen LogP contribution in [0.15, 0.2) is 58.7 Å². The van der Waals surface area contributed by atoms with Gasteiger partial charge in [0.1, 0.15) is 0 Å². The Morgan fingerprint density at radius 3 is 2.48 bits per heavy atom. The predicted octanol–water partition coefficient (Wildman–Crippen LogP) is 6.35. The van der Waals surface area contributed by atoms with Crippen LogP contribution >= 0.6 is 8.58 Å². The lowest BCUT2D eigenvalue weighted by Gasteiger charge is -2.32. The second kappa shape index (κ2) is 9.18. The molecule has 0 amide bonds. The second-order valence-electron chi connectivity index (χ2n) is 7.04. The highest BCUT2D eigenvalue weighted by molar-refractivity contribution is 7.57. The lowest BCUT2D eigenvalue weighted by Crippen LogP contribution is -2.19. The largest absolute Gasteiger partial charge is 0.290 e. The Kier molecular flexibility index (Phi) is 7.92. The first-order valence-electron chi connectivity index (χ1n) is 8.39. The normalized spacial score (nSPS) is 20.4. The molecule has 1 rings (SSSR count). The second-order valence-corrected chi connectivity index (χ2v) is 8.03. The summed E-state index contributed by atoms with van der Waals surface area (Å²) in [6.07, 6.45) is 16.1. The number of rotatable bonds is 6. The molecule has 2 heteroatoms. The minimum absolute atomic E-state index is 0.203. The molecule has 0 aromatic rings. The van der Waals surface area contributed by atoms with Crippen LogP contribution in [0, 0.1) is 5.41 Å². The molecule has 1 unspecified atom stereocenters. The lowest BCUT2D eigenvalue weighted by atomic mass is 9.72. The van der Waals surface area contributed by atoms with E-state index in [2.05, 4.69) is 45.9 Å². The molecule has 0 aromatic heterocycles. The van der Waals surface area contributed by atoms with Crippen LogP contribution in [0.5, 0.6) is 0 Å². The molecule has 0 spiro atoms. The highest BCUT2D eigenvalue weighted by atomic mass is 31.1. The van der Waals surface area contributed by atoms with Crippen molar-refractivity contribution >= 4 is 14.1 Å². The van der Waals surface area contributed by atoms with E-state index in [9.17, 15) is 4.79 Å². The topological polar surface area (TPSA) is 17.1 Å². The third-order valence-corrected chi connectivity index (χ3v) is 5.02. The molecule has 0 fully saturated rings. The number of carbonyl (C=O) groups is 1. The average molecular weight is 330 g/mol. The summed E-state index contributed by atoms with van der Waals surface area (Å²) < 4.78 is 0. The smallest absolute Gasteiger partial charge is 0.173 e. The van der Waals surface area contributed by atoms with Crippen molar-refractivity contribution in [3.05, 3.63) is 58.7 Å². The summed E-state index contributed by atoms with van der Waals surface area (Å²) in [6.45, 7) is 12.9. The Morgan fingerprint density at radius 1 is 1.17 bits per heavy atom. The van der Waals surface area contributed by atoms with Crippen molar-refractivity contribution in [3.63, 3.8) is 0 Å². The van der Waals surface area contributed by atoms with Gasteiger partial charge in [0.25, 0.3) is 0 Å². The van der Waals surface area contributed by atoms with Gasteiger partial charge in [-0.2, -0.15) is 0 Å². The fourth-order valence-corrected chi connectivity index (χ4v) is 3.33. The zero-order chi connectivity index (χ0) is 17.5. The molecule has 0 radical (unpaired) electrons. The van der Waals surface area contributed by atoms with Gasteiger partial charge in [-0.15, -0.1) is 0 Å². The molecular formula is C21H31OP. The summed E-state index contributed by atoms with van der Waals surface area (Å²) in [4.78, 5) is 11.4. The fraction of sp³-hybridized carbons (Fsp3) is 0.476. The van der Waals surface area contributed by atoms with Gasteiger partial charge in [0, 0.05) is 0 Å². The average Bonchev–Trinajstić information content (AvgIpc) is 2.45. The molecule has 0 saturated carbocycles. The van der Waals surface area contributed by atoms with Gasteiger partial charge >= 0.3 is 0 Å². The van der Waals surface area contributed by atoms with Crippen LogP contribution in [-0.4, -0.2) is 12.2 Å². The molecule has 126 valence electrons. The number of hydrogen-bond donors (Lipinski definition) is 0. The Balaban J connectivity index is 2.77. The van der Waals surface area contributed by atoms with Crippen LogP contribution in [0.25, 0.3) is 0 Å². The van der Waals surface area contributed by atoms with Crippen molar-refractivity contribution in [2.45, 2.75) is 53.9 Å². The summed E-state index contributed by atoms with van der Waals surface area (Å²) >= 11 is 0. The molecule has 0 saturated heterocycles. The summed E-state index contributed by atoms with van der Waals surface area (Å²) in [5, 5.41) is 0. The third-order valence-electron chi connectivity index (χ3n) is 4.38. The molecule has 0 heterocycles. The Bertz CT molecular complexity index is 583. The summed E-state index contributed by atoms with van der Waals surface area (Å²) in [5.41, 5.74) is 5.73. The quantitative estimate of drug-likeness (QED) is 0.315. The number of hydrogen-bond acceptors (Lipinski definition) is 1. The van der Waals surface area contributed by atoms with Crippen molar-refractivity contribution in [1.29, 1.82) is 0 Å². The third kappa shape index (κ3) is 6.83. The van der Waals surface area contributed by atoms with Crippen molar-refractivity contribution in [2.24, 2.45) is 5.41 Å². The van der Waals surface area contributed by atoms with E-state index in [1.165, 1.54) is 36.0 Å². The Hall–Kier alpha value is -1.20. The molecule has 0 aromatic carbocycles. The van der Waals surface area contributed by atoms with E-state index < -0.39 is 0 Å². The molecule has 1 aliphatic carbocycles. The summed E-state index contributed by atoms with van der Waals surface area (Å²) in [5.74, 6) is 0. The molecule has 1 nitrogen and oxygen atoms in total. The van der Waals surface area contributed by atoms with Gasteiger partial charge in [-0.3, -0.25) is 4.79 Å². The minimum Gasteiger partial charge on any atom is -0.290 e. The number of allylic oxidation sites excluding steroid dienone is 10. The van der Waals surface area contributed by atoms with E-state index in [1.807, 2.05) is 25.7 Å². The van der Waals surface area contributed by atoms with Gasteiger partial charge in [0.05, 0.1) is 0 Å². The maximum Gasteiger partial charge on any atom is 0.173 e. The zero-order valence-corrected chi connectivity index (χ0v) is 16.5. The Morgan fingerprint density at radius 2 is 1.87 bits per heavy atom. The van der Waals surface area contributed by atoms with Crippen molar-refractivity contribution in [2.75, 3.05) is 6.66 Å². The van der Waals surface area contributed by atoms with Crippen LogP contribution in [-0.2, 0) is 4.79 Å². The lowest BCUT2D eigenvalue weighted by molar-refractivity contribution is -0.107. The Labute approximate surface area is 144 Å². The van der Waals surface area contributed by atoms with Gasteiger partial charge in [0.15, 0.2) is 5.52 Å². The van der Waals surface area contributed by atoms with Gasteiger partial charge in [-0.1, -0.05) is 55.4 Å². The standard InChI is InChI=1S/C21H31OP/c1-16(9-7-10-17(2)15-20(22)23-6)12-13-19-18(3)11-8-14-21(19,4)5/h7,9-10,12-13,15,23H,8,11,14H2,1-6H3/b10-7+,13-12+,16-9+,17-15+. The number of carbonyl (C=O) groups excluding carboxylic acids is 1. The molecule has 1 aliphatic rings.